The molecule has 2 aromatic heterocycles. The number of pyridine rings is 1. The van der Waals surface area contributed by atoms with Crippen LogP contribution in [0.2, 0.25) is 0 Å². The maximum atomic E-state index is 12.8. The van der Waals surface area contributed by atoms with E-state index < -0.39 is 0 Å². The molecular formula is C20H20N4O2. The van der Waals surface area contributed by atoms with Crippen LogP contribution in [0.5, 0.6) is 0 Å². The Hall–Kier alpha value is -2.99. The van der Waals surface area contributed by atoms with E-state index in [1.54, 1.807) is 24.3 Å². The van der Waals surface area contributed by atoms with E-state index in [9.17, 15) is 4.79 Å². The maximum absolute atomic E-state index is 12.8. The lowest BCUT2D eigenvalue weighted by atomic mass is 9.95. The molecular weight excluding hydrogens is 328 g/mol. The van der Waals surface area contributed by atoms with Gasteiger partial charge in [0.05, 0.1) is 12.6 Å². The molecule has 1 amide bonds. The fraction of sp³-hybridized carbons (Fsp3) is 0.250. The highest BCUT2D eigenvalue weighted by Gasteiger charge is 2.27. The van der Waals surface area contributed by atoms with Crippen LogP contribution in [-0.4, -0.2) is 34.0 Å². The summed E-state index contributed by atoms with van der Waals surface area (Å²) in [5.41, 5.74) is 4.10. The largest absolute Gasteiger partial charge is 0.359 e. The second kappa shape index (κ2) is 7.09. The molecule has 1 aromatic carbocycles. The van der Waals surface area contributed by atoms with Crippen molar-refractivity contribution in [1.82, 2.24) is 20.4 Å². The van der Waals surface area contributed by atoms with Crippen molar-refractivity contribution in [3.63, 3.8) is 0 Å². The summed E-state index contributed by atoms with van der Waals surface area (Å²) in [5.74, 6) is 0.703. The number of nitrogens with zero attached hydrogens (tertiary/aromatic N) is 3. The lowest BCUT2D eigenvalue weighted by molar-refractivity contribution is -0.133. The van der Waals surface area contributed by atoms with Crippen molar-refractivity contribution >= 4 is 5.91 Å². The Morgan fingerprint density at radius 1 is 1.27 bits per heavy atom. The van der Waals surface area contributed by atoms with E-state index in [0.29, 0.717) is 25.3 Å². The van der Waals surface area contributed by atoms with Crippen molar-refractivity contribution in [3.8, 4) is 11.3 Å². The lowest BCUT2D eigenvalue weighted by Gasteiger charge is -2.28. The maximum Gasteiger partial charge on any atom is 0.240 e. The first-order valence-corrected chi connectivity index (χ1v) is 8.62. The first-order valence-electron chi connectivity index (χ1n) is 8.62. The van der Waals surface area contributed by atoms with Crippen LogP contribution in [0.4, 0.5) is 0 Å². The molecule has 3 aromatic rings. The molecule has 1 N–H and O–H groups in total. The van der Waals surface area contributed by atoms with Gasteiger partial charge in [0.1, 0.15) is 5.69 Å². The van der Waals surface area contributed by atoms with Gasteiger partial charge in [-0.25, -0.2) is 0 Å². The number of fused-ring (bicyclic) bond motifs is 1. The second-order valence-electron chi connectivity index (χ2n) is 6.52. The summed E-state index contributed by atoms with van der Waals surface area (Å²) >= 11 is 0. The first-order chi connectivity index (χ1) is 12.7. The molecule has 1 aliphatic rings. The van der Waals surface area contributed by atoms with Crippen molar-refractivity contribution < 1.29 is 9.32 Å². The number of benzene rings is 1. The molecule has 0 saturated heterocycles. The lowest BCUT2D eigenvalue weighted by Crippen LogP contribution is -2.47. The highest BCUT2D eigenvalue weighted by molar-refractivity contribution is 5.82. The fourth-order valence-electron chi connectivity index (χ4n) is 3.24. The van der Waals surface area contributed by atoms with E-state index in [1.165, 1.54) is 11.1 Å². The van der Waals surface area contributed by atoms with Crippen molar-refractivity contribution in [2.24, 2.45) is 0 Å². The average Bonchev–Trinajstić information content (AvgIpc) is 3.16. The Bertz CT molecular complexity index is 907. The van der Waals surface area contributed by atoms with Crippen LogP contribution in [0, 0.1) is 0 Å². The summed E-state index contributed by atoms with van der Waals surface area (Å²) in [6.07, 6.45) is 4.16. The third-order valence-electron chi connectivity index (χ3n) is 4.66. The van der Waals surface area contributed by atoms with Gasteiger partial charge in [0.15, 0.2) is 5.76 Å². The third-order valence-corrected chi connectivity index (χ3v) is 4.66. The smallest absolute Gasteiger partial charge is 0.240 e. The second-order valence-corrected chi connectivity index (χ2v) is 6.52. The molecule has 6 heteroatoms. The van der Waals surface area contributed by atoms with E-state index in [0.717, 1.165) is 11.3 Å². The number of nitrogens with one attached hydrogen (secondary N) is 1. The van der Waals surface area contributed by atoms with E-state index in [-0.39, 0.29) is 11.9 Å². The van der Waals surface area contributed by atoms with E-state index in [1.807, 2.05) is 30.3 Å². The van der Waals surface area contributed by atoms with Gasteiger partial charge in [-0.15, -0.1) is 0 Å². The summed E-state index contributed by atoms with van der Waals surface area (Å²) in [4.78, 5) is 18.5. The number of carbonyl (C=O) groups is 1. The summed E-state index contributed by atoms with van der Waals surface area (Å²) in [6.45, 7) is 1.10. The van der Waals surface area contributed by atoms with Gasteiger partial charge in [-0.05, 0) is 29.7 Å². The minimum absolute atomic E-state index is 0.0545. The van der Waals surface area contributed by atoms with Gasteiger partial charge in [0, 0.05) is 37.6 Å². The predicted molar refractivity (Wildman–Crippen MR) is 97.0 cm³/mol. The van der Waals surface area contributed by atoms with Crippen LogP contribution in [0.15, 0.2) is 59.4 Å². The number of hydrogen-bond acceptors (Lipinski definition) is 5. The van der Waals surface area contributed by atoms with Crippen LogP contribution in [0.1, 0.15) is 16.9 Å². The van der Waals surface area contributed by atoms with Crippen molar-refractivity contribution in [2.75, 3.05) is 7.05 Å². The zero-order chi connectivity index (χ0) is 17.9. The van der Waals surface area contributed by atoms with Gasteiger partial charge in [-0.3, -0.25) is 9.78 Å². The van der Waals surface area contributed by atoms with Gasteiger partial charge in [-0.1, -0.05) is 29.4 Å². The summed E-state index contributed by atoms with van der Waals surface area (Å²) in [6, 6.07) is 13.6. The van der Waals surface area contributed by atoms with E-state index in [2.05, 4.69) is 27.6 Å². The molecule has 0 aliphatic carbocycles. The molecule has 0 fully saturated rings. The predicted octanol–water partition coefficient (Wildman–Crippen LogP) is 2.41. The molecule has 0 radical (unpaired) electrons. The van der Waals surface area contributed by atoms with E-state index >= 15 is 0 Å². The number of carbonyl (C=O) groups excluding carboxylic acids is 1. The summed E-state index contributed by atoms with van der Waals surface area (Å²) < 4.78 is 5.39. The van der Waals surface area contributed by atoms with Crippen molar-refractivity contribution in [2.45, 2.75) is 25.6 Å². The molecule has 0 unspecified atom stereocenters. The van der Waals surface area contributed by atoms with Crippen LogP contribution in [0.3, 0.4) is 0 Å². The van der Waals surface area contributed by atoms with E-state index in [4.69, 9.17) is 4.52 Å². The van der Waals surface area contributed by atoms with Crippen LogP contribution in [-0.2, 0) is 24.3 Å². The van der Waals surface area contributed by atoms with Gasteiger partial charge in [0.25, 0.3) is 0 Å². The summed E-state index contributed by atoms with van der Waals surface area (Å²) in [7, 11) is 1.79. The Balaban J connectivity index is 1.42. The van der Waals surface area contributed by atoms with Gasteiger partial charge in [-0.2, -0.15) is 0 Å². The van der Waals surface area contributed by atoms with Crippen LogP contribution in [0.25, 0.3) is 11.3 Å². The summed E-state index contributed by atoms with van der Waals surface area (Å²) in [5, 5.41) is 7.40. The first kappa shape index (κ1) is 16.5. The number of hydrogen-bond donors (Lipinski definition) is 1. The number of aromatic nitrogens is 2. The minimum atomic E-state index is -0.212. The average molecular weight is 348 g/mol. The van der Waals surface area contributed by atoms with Crippen LogP contribution >= 0.6 is 0 Å². The van der Waals surface area contributed by atoms with Crippen molar-refractivity contribution in [3.05, 3.63) is 71.7 Å². The minimum Gasteiger partial charge on any atom is -0.359 e. The molecule has 0 bridgehead atoms. The molecule has 0 spiro atoms. The van der Waals surface area contributed by atoms with Gasteiger partial charge < -0.3 is 14.7 Å². The molecule has 1 aliphatic heterocycles. The normalized spacial score (nSPS) is 16.1. The molecule has 0 saturated carbocycles. The van der Waals surface area contributed by atoms with Gasteiger partial charge >= 0.3 is 0 Å². The topological polar surface area (TPSA) is 71.3 Å². The zero-order valence-corrected chi connectivity index (χ0v) is 14.6. The SMILES string of the molecule is CN(Cc1cc(-c2cccnc2)no1)C(=O)[C@H]1Cc2ccccc2CN1. The Kier molecular flexibility index (Phi) is 4.50. The quantitative estimate of drug-likeness (QED) is 0.784. The highest BCUT2D eigenvalue weighted by Crippen LogP contribution is 2.20. The fourth-order valence-corrected chi connectivity index (χ4v) is 3.24. The highest BCUT2D eigenvalue weighted by atomic mass is 16.5. The Labute approximate surface area is 151 Å². The molecule has 6 nitrogen and oxygen atoms in total. The molecule has 26 heavy (non-hydrogen) atoms. The molecule has 132 valence electrons. The van der Waals surface area contributed by atoms with Crippen LogP contribution < -0.4 is 5.32 Å². The monoisotopic (exact) mass is 348 g/mol. The standard InChI is InChI=1S/C20H20N4O2/c1-24(13-17-10-18(23-26-17)16-7-4-8-21-11-16)20(25)19-9-14-5-2-3-6-15(14)12-22-19/h2-8,10-11,19,22H,9,12-13H2,1H3/t19-/m1/s1. The number of likely N-dealkylation sites (N-methyl/N-ethyl adjacent to an activating group) is 1. The Morgan fingerprint density at radius 2 is 2.12 bits per heavy atom. The molecule has 1 atom stereocenters. The Morgan fingerprint density at radius 3 is 2.92 bits per heavy atom. The van der Waals surface area contributed by atoms with Gasteiger partial charge in [0.2, 0.25) is 5.91 Å². The number of rotatable bonds is 4. The van der Waals surface area contributed by atoms with Crippen molar-refractivity contribution in [1.29, 1.82) is 0 Å². The third kappa shape index (κ3) is 3.36. The zero-order valence-electron chi connectivity index (χ0n) is 14.6. The number of amides is 1. The molecule has 4 rings (SSSR count). The molecule has 3 heterocycles.